The number of nitrogens with zero attached hydrogens (tertiary/aromatic N) is 6. The van der Waals surface area contributed by atoms with Gasteiger partial charge in [0.2, 0.25) is 5.75 Å². The van der Waals surface area contributed by atoms with E-state index in [9.17, 15) is 0 Å². The van der Waals surface area contributed by atoms with Gasteiger partial charge in [0.15, 0.2) is 17.3 Å². The highest BCUT2D eigenvalue weighted by molar-refractivity contribution is 5.55. The summed E-state index contributed by atoms with van der Waals surface area (Å²) in [4.78, 5) is 4.83. The third-order valence-corrected chi connectivity index (χ3v) is 5.05. The summed E-state index contributed by atoms with van der Waals surface area (Å²) < 4.78 is 18.4. The van der Waals surface area contributed by atoms with Crippen molar-refractivity contribution < 1.29 is 14.2 Å². The van der Waals surface area contributed by atoms with Gasteiger partial charge in [0.25, 0.3) is 0 Å². The highest BCUT2D eigenvalue weighted by Gasteiger charge is 2.22. The third-order valence-electron chi connectivity index (χ3n) is 5.05. The molecule has 0 aliphatic carbocycles. The van der Waals surface area contributed by atoms with Crippen molar-refractivity contribution in [2.75, 3.05) is 47.5 Å². The van der Waals surface area contributed by atoms with Crippen molar-refractivity contribution in [3.8, 4) is 17.2 Å². The molecule has 0 bridgehead atoms. The molecule has 0 N–H and O–H groups in total. The van der Waals surface area contributed by atoms with Crippen LogP contribution in [0, 0.1) is 0 Å². The lowest BCUT2D eigenvalue weighted by Crippen LogP contribution is -2.45. The molecule has 1 saturated heterocycles. The molecule has 9 nitrogen and oxygen atoms in total. The van der Waals surface area contributed by atoms with E-state index in [2.05, 4.69) is 32.2 Å². The molecule has 1 fully saturated rings. The summed E-state index contributed by atoms with van der Waals surface area (Å²) in [7, 11) is 4.93. The third kappa shape index (κ3) is 4.53. The number of ether oxygens (including phenoxy) is 3. The van der Waals surface area contributed by atoms with Crippen LogP contribution in [0.15, 0.2) is 12.1 Å². The zero-order valence-electron chi connectivity index (χ0n) is 17.2. The van der Waals surface area contributed by atoms with Crippen molar-refractivity contribution in [1.82, 2.24) is 30.0 Å². The summed E-state index contributed by atoms with van der Waals surface area (Å²) in [5, 5.41) is 12.1. The van der Waals surface area contributed by atoms with Gasteiger partial charge in [-0.25, -0.2) is 4.68 Å². The molecule has 9 heteroatoms. The highest BCUT2D eigenvalue weighted by atomic mass is 16.5. The van der Waals surface area contributed by atoms with Crippen molar-refractivity contribution in [1.29, 1.82) is 0 Å². The molecule has 0 atom stereocenters. The van der Waals surface area contributed by atoms with Crippen LogP contribution in [-0.4, -0.2) is 77.5 Å². The van der Waals surface area contributed by atoms with Gasteiger partial charge in [-0.15, -0.1) is 5.10 Å². The van der Waals surface area contributed by atoms with Crippen LogP contribution in [0.1, 0.15) is 24.7 Å². The fraction of sp³-hybridized carbons (Fsp3) is 0.632. The lowest BCUT2D eigenvalue weighted by molar-refractivity contribution is 0.117. The van der Waals surface area contributed by atoms with Gasteiger partial charge in [-0.2, -0.15) is 0 Å². The fourth-order valence-corrected chi connectivity index (χ4v) is 3.56. The van der Waals surface area contributed by atoms with Gasteiger partial charge in [0.05, 0.1) is 27.9 Å². The number of rotatable bonds is 9. The van der Waals surface area contributed by atoms with E-state index in [0.717, 1.165) is 69.4 Å². The molecule has 1 aliphatic rings. The molecule has 0 saturated carbocycles. The maximum Gasteiger partial charge on any atom is 0.203 e. The molecule has 2 aromatic rings. The van der Waals surface area contributed by atoms with E-state index in [1.54, 1.807) is 21.3 Å². The molecule has 28 heavy (non-hydrogen) atoms. The number of hydrogen-bond donors (Lipinski definition) is 0. The average molecular weight is 390 g/mol. The van der Waals surface area contributed by atoms with E-state index in [4.69, 9.17) is 14.2 Å². The van der Waals surface area contributed by atoms with Crippen molar-refractivity contribution in [2.45, 2.75) is 33.0 Å². The SMILES string of the molecule is CCCn1nnnc1CN1CCN(Cc2ccc(OC)c(OC)c2OC)CC1. The van der Waals surface area contributed by atoms with E-state index in [1.807, 2.05) is 16.8 Å². The van der Waals surface area contributed by atoms with Gasteiger partial charge >= 0.3 is 0 Å². The number of benzene rings is 1. The minimum atomic E-state index is 0.642. The largest absolute Gasteiger partial charge is 0.493 e. The Labute approximate surface area is 166 Å². The second-order valence-corrected chi connectivity index (χ2v) is 6.86. The lowest BCUT2D eigenvalue weighted by Gasteiger charge is -2.34. The van der Waals surface area contributed by atoms with Gasteiger partial charge in [-0.3, -0.25) is 9.80 Å². The molecule has 2 heterocycles. The Balaban J connectivity index is 1.59. The second kappa shape index (κ2) is 9.70. The highest BCUT2D eigenvalue weighted by Crippen LogP contribution is 2.40. The predicted octanol–water partition coefficient (Wildman–Crippen LogP) is 1.43. The van der Waals surface area contributed by atoms with Crippen LogP contribution < -0.4 is 14.2 Å². The predicted molar refractivity (Wildman–Crippen MR) is 105 cm³/mol. The second-order valence-electron chi connectivity index (χ2n) is 6.86. The summed E-state index contributed by atoms with van der Waals surface area (Å²) in [6, 6.07) is 3.98. The Morgan fingerprint density at radius 2 is 1.57 bits per heavy atom. The Morgan fingerprint density at radius 1 is 0.893 bits per heavy atom. The molecular formula is C19H30N6O3. The van der Waals surface area contributed by atoms with Gasteiger partial charge in [0.1, 0.15) is 0 Å². The zero-order valence-corrected chi connectivity index (χ0v) is 17.2. The van der Waals surface area contributed by atoms with Crippen molar-refractivity contribution in [2.24, 2.45) is 0 Å². The van der Waals surface area contributed by atoms with Crippen LogP contribution in [0.4, 0.5) is 0 Å². The van der Waals surface area contributed by atoms with E-state index in [0.29, 0.717) is 11.5 Å². The van der Waals surface area contributed by atoms with Gasteiger partial charge in [-0.05, 0) is 22.9 Å². The Kier molecular flexibility index (Phi) is 7.05. The first-order valence-corrected chi connectivity index (χ1v) is 9.67. The molecule has 0 unspecified atom stereocenters. The number of tetrazole rings is 1. The lowest BCUT2D eigenvalue weighted by atomic mass is 10.1. The smallest absolute Gasteiger partial charge is 0.203 e. The quantitative estimate of drug-likeness (QED) is 0.636. The summed E-state index contributed by atoms with van der Waals surface area (Å²) >= 11 is 0. The number of hydrogen-bond acceptors (Lipinski definition) is 8. The van der Waals surface area contributed by atoms with E-state index in [1.165, 1.54) is 0 Å². The van der Waals surface area contributed by atoms with Gasteiger partial charge < -0.3 is 14.2 Å². The van der Waals surface area contributed by atoms with Crippen molar-refractivity contribution in [3.05, 3.63) is 23.5 Å². The van der Waals surface area contributed by atoms with Crippen molar-refractivity contribution >= 4 is 0 Å². The molecular weight excluding hydrogens is 360 g/mol. The summed E-state index contributed by atoms with van der Waals surface area (Å²) in [6.07, 6.45) is 1.03. The number of aromatic nitrogens is 4. The maximum absolute atomic E-state index is 5.61. The minimum Gasteiger partial charge on any atom is -0.493 e. The number of aryl methyl sites for hydroxylation is 1. The van der Waals surface area contributed by atoms with Crippen LogP contribution in [0.3, 0.4) is 0 Å². The maximum atomic E-state index is 5.61. The average Bonchev–Trinajstić information content (AvgIpc) is 3.16. The number of methoxy groups -OCH3 is 3. The minimum absolute atomic E-state index is 0.642. The van der Waals surface area contributed by atoms with E-state index in [-0.39, 0.29) is 0 Å². The first kappa shape index (κ1) is 20.3. The first-order valence-electron chi connectivity index (χ1n) is 9.67. The molecule has 3 rings (SSSR count). The van der Waals surface area contributed by atoms with E-state index < -0.39 is 0 Å². The fourth-order valence-electron chi connectivity index (χ4n) is 3.56. The standard InChI is InChI=1S/C19H30N6O3/c1-5-8-25-17(20-21-22-25)14-24-11-9-23(10-12-24)13-15-6-7-16(26-2)19(28-4)18(15)27-3/h6-7H,5,8-14H2,1-4H3. The summed E-state index contributed by atoms with van der Waals surface area (Å²) in [6.45, 7) is 8.52. The summed E-state index contributed by atoms with van der Waals surface area (Å²) in [5.74, 6) is 3.00. The van der Waals surface area contributed by atoms with Crippen LogP contribution >= 0.6 is 0 Å². The number of piperazine rings is 1. The van der Waals surface area contributed by atoms with Gasteiger partial charge in [0, 0.05) is 44.8 Å². The van der Waals surface area contributed by atoms with Crippen LogP contribution in [-0.2, 0) is 19.6 Å². The molecule has 1 aromatic heterocycles. The first-order chi connectivity index (χ1) is 13.7. The molecule has 1 aromatic carbocycles. The summed E-state index contributed by atoms with van der Waals surface area (Å²) in [5.41, 5.74) is 1.10. The monoisotopic (exact) mass is 390 g/mol. The Hall–Kier alpha value is -2.39. The van der Waals surface area contributed by atoms with Crippen LogP contribution in [0.25, 0.3) is 0 Å². The Bertz CT molecular complexity index is 758. The van der Waals surface area contributed by atoms with Crippen LogP contribution in [0.2, 0.25) is 0 Å². The topological polar surface area (TPSA) is 77.8 Å². The molecule has 1 aliphatic heterocycles. The van der Waals surface area contributed by atoms with Crippen molar-refractivity contribution in [3.63, 3.8) is 0 Å². The van der Waals surface area contributed by atoms with E-state index >= 15 is 0 Å². The normalized spacial score (nSPS) is 15.6. The molecule has 0 amide bonds. The molecule has 0 spiro atoms. The van der Waals surface area contributed by atoms with Gasteiger partial charge in [-0.1, -0.05) is 13.0 Å². The zero-order chi connectivity index (χ0) is 19.9. The molecule has 0 radical (unpaired) electrons. The molecule has 154 valence electrons. The Morgan fingerprint density at radius 3 is 2.18 bits per heavy atom. The van der Waals surface area contributed by atoms with Crippen LogP contribution in [0.5, 0.6) is 17.2 Å².